The summed E-state index contributed by atoms with van der Waals surface area (Å²) in [5.74, 6) is -5.28. The Labute approximate surface area is 217 Å². The molecule has 1 aromatic heterocycles. The fourth-order valence-corrected chi connectivity index (χ4v) is 4.07. The number of fused-ring (bicyclic) bond motifs is 1. The second-order valence-corrected chi connectivity index (χ2v) is 8.40. The van der Waals surface area contributed by atoms with E-state index >= 15 is 0 Å². The Morgan fingerprint density at radius 1 is 0.974 bits per heavy atom. The summed E-state index contributed by atoms with van der Waals surface area (Å²) in [5.41, 5.74) is 2.91. The number of halogens is 6. The molecule has 0 aliphatic carbocycles. The monoisotopic (exact) mass is 560 g/mol. The number of carboxylic acids is 2. The Morgan fingerprint density at radius 3 is 2.08 bits per heavy atom. The van der Waals surface area contributed by atoms with Gasteiger partial charge in [-0.15, -0.1) is 0 Å². The van der Waals surface area contributed by atoms with Gasteiger partial charge in [0.15, 0.2) is 0 Å². The van der Waals surface area contributed by atoms with Crippen LogP contribution in [0, 0.1) is 11.3 Å². The van der Waals surface area contributed by atoms with Crippen LogP contribution in [0.5, 0.6) is 0 Å². The van der Waals surface area contributed by atoms with Crippen LogP contribution < -0.4 is 0 Å². The molecule has 1 aromatic carbocycles. The third kappa shape index (κ3) is 9.25. The van der Waals surface area contributed by atoms with Crippen molar-refractivity contribution in [1.82, 2.24) is 14.8 Å². The van der Waals surface area contributed by atoms with Gasteiger partial charge in [-0.05, 0) is 35.7 Å². The molecule has 2 atom stereocenters. The van der Waals surface area contributed by atoms with Crippen LogP contribution in [0.4, 0.5) is 26.3 Å². The van der Waals surface area contributed by atoms with Crippen LogP contribution in [-0.2, 0) is 27.5 Å². The lowest BCUT2D eigenvalue weighted by molar-refractivity contribution is -0.193. The van der Waals surface area contributed by atoms with Crippen molar-refractivity contribution in [2.75, 3.05) is 6.54 Å². The quantitative estimate of drug-likeness (QED) is 0.542. The number of nitriles is 1. The molecule has 39 heavy (non-hydrogen) atoms. The van der Waals surface area contributed by atoms with Gasteiger partial charge in [-0.3, -0.25) is 14.7 Å². The zero-order valence-electron chi connectivity index (χ0n) is 20.0. The SMILES string of the molecule is N#Cc1cccc(CN2CC[C@@H]3[C@@H]2CC(=O)N3Cc2cccnc2)c1.O=C(O)C(F)(F)F.O=C(O)C(F)(F)F. The fraction of sp³-hybridized carbons (Fsp3) is 0.375. The number of carbonyl (C=O) groups is 3. The first-order valence-corrected chi connectivity index (χ1v) is 11.1. The van der Waals surface area contributed by atoms with E-state index in [1.807, 2.05) is 41.4 Å². The molecule has 2 saturated heterocycles. The summed E-state index contributed by atoms with van der Waals surface area (Å²) in [7, 11) is 0. The molecule has 0 spiro atoms. The van der Waals surface area contributed by atoms with E-state index in [0.717, 1.165) is 30.6 Å². The first-order valence-electron chi connectivity index (χ1n) is 11.1. The van der Waals surface area contributed by atoms with Crippen molar-refractivity contribution in [3.05, 3.63) is 65.5 Å². The predicted octanol–water partition coefficient (Wildman–Crippen LogP) is 3.60. The highest BCUT2D eigenvalue weighted by Crippen LogP contribution is 2.34. The maximum Gasteiger partial charge on any atom is 0.490 e. The van der Waals surface area contributed by atoms with Crippen LogP contribution in [0.25, 0.3) is 0 Å². The van der Waals surface area contributed by atoms with Crippen LogP contribution in [0.1, 0.15) is 29.5 Å². The van der Waals surface area contributed by atoms with Crippen molar-refractivity contribution < 1.29 is 50.9 Å². The second-order valence-electron chi connectivity index (χ2n) is 8.40. The number of hydrogen-bond donors (Lipinski definition) is 2. The average Bonchev–Trinajstić information content (AvgIpc) is 3.38. The van der Waals surface area contributed by atoms with Crippen LogP contribution in [0.2, 0.25) is 0 Å². The average molecular weight is 560 g/mol. The number of carboxylic acid groups (broad SMARTS) is 2. The molecular weight excluding hydrogens is 538 g/mol. The molecule has 3 heterocycles. The Morgan fingerprint density at radius 2 is 1.56 bits per heavy atom. The molecular formula is C24H22F6N4O5. The Bertz CT molecular complexity index is 1180. The van der Waals surface area contributed by atoms with Gasteiger partial charge in [0.25, 0.3) is 0 Å². The molecule has 0 unspecified atom stereocenters. The van der Waals surface area contributed by atoms with E-state index in [1.54, 1.807) is 6.20 Å². The number of amides is 1. The summed E-state index contributed by atoms with van der Waals surface area (Å²) in [6, 6.07) is 14.4. The minimum Gasteiger partial charge on any atom is -0.475 e. The first kappa shape index (κ1) is 31.0. The van der Waals surface area contributed by atoms with Gasteiger partial charge in [-0.2, -0.15) is 31.6 Å². The molecule has 2 aliphatic rings. The zero-order valence-corrected chi connectivity index (χ0v) is 20.0. The van der Waals surface area contributed by atoms with Crippen molar-refractivity contribution in [2.24, 2.45) is 0 Å². The zero-order chi connectivity index (χ0) is 29.4. The van der Waals surface area contributed by atoms with Crippen molar-refractivity contribution in [3.8, 4) is 6.07 Å². The summed E-state index contributed by atoms with van der Waals surface area (Å²) in [4.78, 5) is 38.9. The number of pyridine rings is 1. The van der Waals surface area contributed by atoms with E-state index in [4.69, 9.17) is 25.1 Å². The summed E-state index contributed by atoms with van der Waals surface area (Å²) in [5, 5.41) is 23.3. The number of alkyl halides is 6. The highest BCUT2D eigenvalue weighted by molar-refractivity contribution is 5.80. The number of aliphatic carboxylic acids is 2. The van der Waals surface area contributed by atoms with E-state index in [2.05, 4.69) is 22.0 Å². The highest BCUT2D eigenvalue weighted by atomic mass is 19.4. The maximum absolute atomic E-state index is 12.5. The minimum absolute atomic E-state index is 0.231. The number of carbonyl (C=O) groups excluding carboxylic acids is 1. The van der Waals surface area contributed by atoms with Crippen molar-refractivity contribution in [2.45, 2.75) is 50.4 Å². The van der Waals surface area contributed by atoms with E-state index < -0.39 is 24.3 Å². The highest BCUT2D eigenvalue weighted by Gasteiger charge is 2.46. The van der Waals surface area contributed by atoms with Crippen molar-refractivity contribution in [3.63, 3.8) is 0 Å². The van der Waals surface area contributed by atoms with Crippen LogP contribution in [0.3, 0.4) is 0 Å². The Balaban J connectivity index is 0.000000317. The molecule has 2 aromatic rings. The van der Waals surface area contributed by atoms with Gasteiger partial charge >= 0.3 is 24.3 Å². The largest absolute Gasteiger partial charge is 0.490 e. The lowest BCUT2D eigenvalue weighted by Gasteiger charge is -2.25. The molecule has 2 aliphatic heterocycles. The number of benzene rings is 1. The molecule has 0 radical (unpaired) electrons. The third-order valence-electron chi connectivity index (χ3n) is 5.73. The van der Waals surface area contributed by atoms with E-state index in [1.165, 1.54) is 0 Å². The molecule has 4 rings (SSSR count). The van der Waals surface area contributed by atoms with Gasteiger partial charge in [0.2, 0.25) is 5.91 Å². The van der Waals surface area contributed by atoms with Crippen molar-refractivity contribution >= 4 is 17.8 Å². The van der Waals surface area contributed by atoms with Crippen LogP contribution in [0.15, 0.2) is 48.8 Å². The topological polar surface area (TPSA) is 135 Å². The number of aromatic nitrogens is 1. The molecule has 210 valence electrons. The molecule has 1 amide bonds. The number of rotatable bonds is 4. The first-order chi connectivity index (χ1) is 18.1. The van der Waals surface area contributed by atoms with E-state index in [-0.39, 0.29) is 18.0 Å². The van der Waals surface area contributed by atoms with E-state index in [9.17, 15) is 31.1 Å². The van der Waals surface area contributed by atoms with Crippen molar-refractivity contribution in [1.29, 1.82) is 5.26 Å². The second kappa shape index (κ2) is 13.1. The van der Waals surface area contributed by atoms with Gasteiger partial charge < -0.3 is 15.1 Å². The standard InChI is InChI=1S/C20H20N4O.2C2HF3O2/c21-11-15-3-1-4-16(9-15)13-23-8-6-18-19(23)10-20(25)24(18)14-17-5-2-7-22-12-17;2*3-2(4,5)1(6)7/h1-5,7,9,12,18-19H,6,8,10,13-14H2;2*(H,6,7)/t18-,19+;;/m1../s1. The molecule has 15 heteroatoms. The van der Waals surface area contributed by atoms with Gasteiger partial charge in [-0.25, -0.2) is 9.59 Å². The summed E-state index contributed by atoms with van der Waals surface area (Å²) >= 11 is 0. The lowest BCUT2D eigenvalue weighted by atomic mass is 10.1. The normalized spacial score (nSPS) is 18.7. The molecule has 0 bridgehead atoms. The molecule has 2 N–H and O–H groups in total. The van der Waals surface area contributed by atoms with Crippen LogP contribution >= 0.6 is 0 Å². The molecule has 9 nitrogen and oxygen atoms in total. The minimum atomic E-state index is -5.08. The Kier molecular flexibility index (Phi) is 10.4. The van der Waals surface area contributed by atoms with Gasteiger partial charge in [0, 0.05) is 50.5 Å². The number of nitrogens with zero attached hydrogens (tertiary/aromatic N) is 4. The van der Waals surface area contributed by atoms with Gasteiger partial charge in [0.1, 0.15) is 0 Å². The van der Waals surface area contributed by atoms with E-state index in [0.29, 0.717) is 18.5 Å². The molecule has 0 saturated carbocycles. The third-order valence-corrected chi connectivity index (χ3v) is 5.73. The van der Waals surface area contributed by atoms with Gasteiger partial charge in [0.05, 0.1) is 11.6 Å². The summed E-state index contributed by atoms with van der Waals surface area (Å²) in [6.45, 7) is 2.43. The Hall–Kier alpha value is -4.19. The maximum atomic E-state index is 12.5. The van der Waals surface area contributed by atoms with Gasteiger partial charge in [-0.1, -0.05) is 18.2 Å². The lowest BCUT2D eigenvalue weighted by Crippen LogP contribution is -2.36. The summed E-state index contributed by atoms with van der Waals surface area (Å²) < 4.78 is 63.5. The number of hydrogen-bond acceptors (Lipinski definition) is 6. The van der Waals surface area contributed by atoms with Crippen LogP contribution in [-0.4, -0.2) is 73.8 Å². The molecule has 2 fully saturated rings. The summed E-state index contributed by atoms with van der Waals surface area (Å²) in [6.07, 6.45) is -4.98. The predicted molar refractivity (Wildman–Crippen MR) is 121 cm³/mol. The fourth-order valence-electron chi connectivity index (χ4n) is 4.07. The number of likely N-dealkylation sites (tertiary alicyclic amines) is 2. The smallest absolute Gasteiger partial charge is 0.475 e.